The molecule has 4 heteroatoms. The molecule has 1 aliphatic rings. The summed E-state index contributed by atoms with van der Waals surface area (Å²) in [6.07, 6.45) is 0.400. The molecule has 0 aliphatic carbocycles. The third-order valence-electron chi connectivity index (χ3n) is 5.82. The summed E-state index contributed by atoms with van der Waals surface area (Å²) < 4.78 is 0. The second-order valence-electron chi connectivity index (χ2n) is 7.99. The number of ketones is 1. The van der Waals surface area contributed by atoms with Gasteiger partial charge in [0, 0.05) is 17.7 Å². The number of carbonyl (C=O) groups excluding carboxylic acids is 2. The third kappa shape index (κ3) is 3.55. The molecule has 4 nitrogen and oxygen atoms in total. The predicted molar refractivity (Wildman–Crippen MR) is 118 cm³/mol. The summed E-state index contributed by atoms with van der Waals surface area (Å²) in [5, 5.41) is 11.5. The quantitative estimate of drug-likeness (QED) is 0.627. The lowest BCUT2D eigenvalue weighted by atomic mass is 9.87. The van der Waals surface area contributed by atoms with Gasteiger partial charge in [-0.25, -0.2) is 0 Å². The highest BCUT2D eigenvalue weighted by Gasteiger charge is 2.50. The van der Waals surface area contributed by atoms with Crippen LogP contribution < -0.4 is 4.90 Å². The first kappa shape index (κ1) is 20.0. The van der Waals surface area contributed by atoms with Gasteiger partial charge < -0.3 is 10.0 Å². The second kappa shape index (κ2) is 7.88. The van der Waals surface area contributed by atoms with E-state index in [1.807, 2.05) is 74.5 Å². The Kier molecular flexibility index (Phi) is 5.27. The average Bonchev–Trinajstić information content (AvgIpc) is 2.96. The maximum atomic E-state index is 13.3. The Hall–Kier alpha value is -3.24. The van der Waals surface area contributed by atoms with Crippen LogP contribution in [-0.4, -0.2) is 23.3 Å². The van der Waals surface area contributed by atoms with Gasteiger partial charge in [0.05, 0.1) is 12.1 Å². The molecule has 0 spiro atoms. The van der Waals surface area contributed by atoms with Gasteiger partial charge in [0.25, 0.3) is 5.91 Å². The molecular weight excluding hydrogens is 374 g/mol. The van der Waals surface area contributed by atoms with Gasteiger partial charge in [0.1, 0.15) is 0 Å². The normalized spacial score (nSPS) is 17.8. The van der Waals surface area contributed by atoms with E-state index in [-0.39, 0.29) is 12.2 Å². The maximum Gasteiger partial charge on any atom is 0.264 e. The van der Waals surface area contributed by atoms with Gasteiger partial charge in [-0.05, 0) is 43.5 Å². The fraction of sp³-hybridized carbons (Fsp3) is 0.231. The van der Waals surface area contributed by atoms with Crippen LogP contribution in [0.3, 0.4) is 0 Å². The molecule has 3 aromatic carbocycles. The van der Waals surface area contributed by atoms with Crippen molar-refractivity contribution < 1.29 is 14.7 Å². The summed E-state index contributed by atoms with van der Waals surface area (Å²) in [5.41, 5.74) is 2.81. The van der Waals surface area contributed by atoms with E-state index in [4.69, 9.17) is 0 Å². The smallest absolute Gasteiger partial charge is 0.264 e. The van der Waals surface area contributed by atoms with Crippen molar-refractivity contribution in [1.29, 1.82) is 0 Å². The van der Waals surface area contributed by atoms with Crippen LogP contribution in [0.2, 0.25) is 0 Å². The molecule has 152 valence electrons. The van der Waals surface area contributed by atoms with Gasteiger partial charge in [-0.1, -0.05) is 66.2 Å². The molecule has 0 saturated heterocycles. The molecule has 1 amide bonds. The number of aliphatic hydroxyl groups is 1. The van der Waals surface area contributed by atoms with E-state index in [2.05, 4.69) is 0 Å². The zero-order valence-corrected chi connectivity index (χ0v) is 17.3. The van der Waals surface area contributed by atoms with Gasteiger partial charge in [0.2, 0.25) is 0 Å². The molecular formula is C26H25NO3. The second-order valence-corrected chi connectivity index (χ2v) is 7.99. The molecule has 3 aromatic rings. The molecule has 0 fully saturated rings. The van der Waals surface area contributed by atoms with E-state index in [0.29, 0.717) is 29.8 Å². The van der Waals surface area contributed by atoms with Gasteiger partial charge in [-0.3, -0.25) is 9.59 Å². The van der Waals surface area contributed by atoms with E-state index in [0.717, 1.165) is 16.7 Å². The number of Topliss-reactive ketones (excluding diaryl/α,β-unsaturated/α-hetero) is 1. The Morgan fingerprint density at radius 2 is 1.67 bits per heavy atom. The first-order valence-corrected chi connectivity index (χ1v) is 10.2. The molecule has 4 rings (SSSR count). The summed E-state index contributed by atoms with van der Waals surface area (Å²) in [7, 11) is 0. The van der Waals surface area contributed by atoms with Crippen LogP contribution >= 0.6 is 0 Å². The van der Waals surface area contributed by atoms with Crippen LogP contribution in [0.1, 0.15) is 39.0 Å². The van der Waals surface area contributed by atoms with Crippen molar-refractivity contribution in [3.8, 4) is 0 Å². The Labute approximate surface area is 176 Å². The van der Waals surface area contributed by atoms with Crippen molar-refractivity contribution in [2.75, 3.05) is 11.4 Å². The van der Waals surface area contributed by atoms with Gasteiger partial charge in [-0.15, -0.1) is 0 Å². The number of amides is 1. The van der Waals surface area contributed by atoms with E-state index in [9.17, 15) is 14.7 Å². The number of nitrogens with zero attached hydrogens (tertiary/aromatic N) is 1. The summed E-state index contributed by atoms with van der Waals surface area (Å²) in [6.45, 7) is 4.24. The lowest BCUT2D eigenvalue weighted by Gasteiger charge is -2.23. The molecule has 30 heavy (non-hydrogen) atoms. The highest BCUT2D eigenvalue weighted by molar-refractivity contribution is 6.11. The lowest BCUT2D eigenvalue weighted by Crippen LogP contribution is -2.42. The number of hydrogen-bond donors (Lipinski definition) is 1. The van der Waals surface area contributed by atoms with Crippen molar-refractivity contribution in [2.45, 2.75) is 32.3 Å². The first-order valence-electron chi connectivity index (χ1n) is 10.2. The molecule has 0 radical (unpaired) electrons. The van der Waals surface area contributed by atoms with E-state index in [1.54, 1.807) is 17.0 Å². The highest BCUT2D eigenvalue weighted by Crippen LogP contribution is 2.43. The van der Waals surface area contributed by atoms with Crippen LogP contribution in [-0.2, 0) is 16.8 Å². The Bertz CT molecular complexity index is 1110. The van der Waals surface area contributed by atoms with Crippen LogP contribution in [0.5, 0.6) is 0 Å². The summed E-state index contributed by atoms with van der Waals surface area (Å²) in [4.78, 5) is 28.0. The standard InChI is InChI=1S/C26H25NO3/c1-18-12-13-19(2)21(16-18)24(28)17-26(30)22-10-6-7-11-23(22)27(25(26)29)15-14-20-8-4-3-5-9-20/h3-13,16,30H,14-15,17H2,1-2H3/t26-/m0/s1. The van der Waals surface area contributed by atoms with Crippen LogP contribution in [0, 0.1) is 13.8 Å². The highest BCUT2D eigenvalue weighted by atomic mass is 16.3. The van der Waals surface area contributed by atoms with Crippen LogP contribution in [0.4, 0.5) is 5.69 Å². The van der Waals surface area contributed by atoms with Crippen molar-refractivity contribution in [3.05, 3.63) is 101 Å². The Morgan fingerprint density at radius 1 is 0.967 bits per heavy atom. The zero-order valence-electron chi connectivity index (χ0n) is 17.3. The van der Waals surface area contributed by atoms with Gasteiger partial charge in [-0.2, -0.15) is 0 Å². The molecule has 0 saturated carbocycles. The van der Waals surface area contributed by atoms with Crippen molar-refractivity contribution >= 4 is 17.4 Å². The summed E-state index contributed by atoms with van der Waals surface area (Å²) in [6, 6.07) is 22.8. The molecule has 0 bridgehead atoms. The monoisotopic (exact) mass is 399 g/mol. The fourth-order valence-corrected chi connectivity index (χ4v) is 4.15. The summed E-state index contributed by atoms with van der Waals surface area (Å²) in [5.74, 6) is -0.662. The minimum atomic E-state index is -1.85. The Balaban J connectivity index is 1.63. The number of fused-ring (bicyclic) bond motifs is 1. The number of para-hydroxylation sites is 1. The largest absolute Gasteiger partial charge is 0.375 e. The number of aryl methyl sites for hydroxylation is 2. The number of rotatable bonds is 6. The molecule has 0 unspecified atom stereocenters. The van der Waals surface area contributed by atoms with Crippen LogP contribution in [0.25, 0.3) is 0 Å². The average molecular weight is 399 g/mol. The van der Waals surface area contributed by atoms with E-state index < -0.39 is 11.5 Å². The lowest BCUT2D eigenvalue weighted by molar-refractivity contribution is -0.135. The molecule has 1 N–H and O–H groups in total. The zero-order chi connectivity index (χ0) is 21.3. The maximum absolute atomic E-state index is 13.3. The number of benzene rings is 3. The topological polar surface area (TPSA) is 57.6 Å². The third-order valence-corrected chi connectivity index (χ3v) is 5.82. The molecule has 1 atom stereocenters. The number of hydrogen-bond acceptors (Lipinski definition) is 3. The van der Waals surface area contributed by atoms with Crippen molar-refractivity contribution in [2.24, 2.45) is 0 Å². The minimum absolute atomic E-state index is 0.230. The predicted octanol–water partition coefficient (Wildman–Crippen LogP) is 4.35. The SMILES string of the molecule is Cc1ccc(C)c(C(=O)C[C@@]2(O)C(=O)N(CCc3ccccc3)c3ccccc32)c1. The number of anilines is 1. The minimum Gasteiger partial charge on any atom is -0.375 e. The van der Waals surface area contributed by atoms with Crippen molar-refractivity contribution in [3.63, 3.8) is 0 Å². The molecule has 1 aliphatic heterocycles. The Morgan fingerprint density at radius 3 is 2.43 bits per heavy atom. The first-order chi connectivity index (χ1) is 14.4. The van der Waals surface area contributed by atoms with E-state index >= 15 is 0 Å². The molecule has 1 heterocycles. The van der Waals surface area contributed by atoms with Gasteiger partial charge >= 0.3 is 0 Å². The summed E-state index contributed by atoms with van der Waals surface area (Å²) >= 11 is 0. The fourth-order valence-electron chi connectivity index (χ4n) is 4.15. The molecule has 0 aromatic heterocycles. The van der Waals surface area contributed by atoms with Crippen molar-refractivity contribution in [1.82, 2.24) is 0 Å². The van der Waals surface area contributed by atoms with E-state index in [1.165, 1.54) is 0 Å². The number of carbonyl (C=O) groups is 2. The van der Waals surface area contributed by atoms with Gasteiger partial charge in [0.15, 0.2) is 11.4 Å². The van der Waals surface area contributed by atoms with Crippen LogP contribution in [0.15, 0.2) is 72.8 Å².